The van der Waals surface area contributed by atoms with Gasteiger partial charge >= 0.3 is 0 Å². The Morgan fingerprint density at radius 3 is 2.45 bits per heavy atom. The van der Waals surface area contributed by atoms with Gasteiger partial charge in [-0.3, -0.25) is 0 Å². The van der Waals surface area contributed by atoms with E-state index in [4.69, 9.17) is 4.74 Å². The van der Waals surface area contributed by atoms with Gasteiger partial charge in [-0.15, -0.1) is 0 Å². The van der Waals surface area contributed by atoms with Crippen molar-refractivity contribution < 1.29 is 14.9 Å². The molecule has 1 aliphatic carbocycles. The third-order valence-electron chi connectivity index (χ3n) is 3.73. The van der Waals surface area contributed by atoms with E-state index >= 15 is 0 Å². The Morgan fingerprint density at radius 2 is 1.85 bits per heavy atom. The van der Waals surface area contributed by atoms with Gasteiger partial charge in [0.25, 0.3) is 0 Å². The lowest BCUT2D eigenvalue weighted by Gasteiger charge is -2.17. The van der Waals surface area contributed by atoms with Crippen LogP contribution in [0.3, 0.4) is 0 Å². The Kier molecular flexibility index (Phi) is 5.40. The molecule has 0 spiro atoms. The summed E-state index contributed by atoms with van der Waals surface area (Å²) in [6, 6.07) is 5.99. The van der Waals surface area contributed by atoms with Crippen LogP contribution in [0, 0.1) is 19.8 Å². The predicted molar refractivity (Wildman–Crippen MR) is 79.0 cm³/mol. The normalized spacial score (nSPS) is 17.8. The lowest BCUT2D eigenvalue weighted by Crippen LogP contribution is -2.36. The molecule has 0 aliphatic heterocycles. The summed E-state index contributed by atoms with van der Waals surface area (Å²) in [6.45, 7) is 5.25. The summed E-state index contributed by atoms with van der Waals surface area (Å²) < 4.78 is 5.69. The molecule has 2 rings (SSSR count). The van der Waals surface area contributed by atoms with Crippen molar-refractivity contribution in [2.75, 3.05) is 19.7 Å². The lowest BCUT2D eigenvalue weighted by molar-refractivity contribution is 0.0961. The first kappa shape index (κ1) is 15.3. The molecule has 112 valence electrons. The van der Waals surface area contributed by atoms with Gasteiger partial charge in [0.1, 0.15) is 18.5 Å². The molecule has 1 aromatic rings. The standard InChI is InChI=1S/C16H25NO3/c1-11-4-3-5-12(2)16(11)20-10-14(18)8-17-9-15(19)13-6-7-13/h3-5,13-15,17-19H,6-10H2,1-2H3. The maximum Gasteiger partial charge on any atom is 0.125 e. The molecular weight excluding hydrogens is 254 g/mol. The van der Waals surface area contributed by atoms with Crippen molar-refractivity contribution in [3.05, 3.63) is 29.3 Å². The van der Waals surface area contributed by atoms with E-state index in [0.29, 0.717) is 19.0 Å². The second-order valence-electron chi connectivity index (χ2n) is 5.75. The third kappa shape index (κ3) is 4.47. The van der Waals surface area contributed by atoms with E-state index in [2.05, 4.69) is 5.32 Å². The van der Waals surface area contributed by atoms with Gasteiger partial charge in [0.05, 0.1) is 6.10 Å². The first-order valence-electron chi connectivity index (χ1n) is 7.33. The number of aryl methyl sites for hydroxylation is 2. The lowest BCUT2D eigenvalue weighted by atomic mass is 10.1. The van der Waals surface area contributed by atoms with E-state index < -0.39 is 6.10 Å². The zero-order valence-electron chi connectivity index (χ0n) is 12.3. The van der Waals surface area contributed by atoms with Crippen molar-refractivity contribution in [2.24, 2.45) is 5.92 Å². The van der Waals surface area contributed by atoms with Crippen molar-refractivity contribution in [1.29, 1.82) is 0 Å². The summed E-state index contributed by atoms with van der Waals surface area (Å²) in [4.78, 5) is 0. The molecule has 1 aliphatic rings. The molecule has 1 aromatic carbocycles. The Morgan fingerprint density at radius 1 is 1.20 bits per heavy atom. The number of hydrogen-bond acceptors (Lipinski definition) is 4. The Labute approximate surface area is 120 Å². The summed E-state index contributed by atoms with van der Waals surface area (Å²) in [6.07, 6.45) is 1.41. The molecule has 0 saturated heterocycles. The fraction of sp³-hybridized carbons (Fsp3) is 0.625. The molecule has 0 radical (unpaired) electrons. The van der Waals surface area contributed by atoms with Gasteiger partial charge in [-0.1, -0.05) is 18.2 Å². The van der Waals surface area contributed by atoms with Crippen LogP contribution in [0.5, 0.6) is 5.75 Å². The van der Waals surface area contributed by atoms with E-state index in [9.17, 15) is 10.2 Å². The topological polar surface area (TPSA) is 61.7 Å². The third-order valence-corrected chi connectivity index (χ3v) is 3.73. The molecule has 0 aromatic heterocycles. The molecular formula is C16H25NO3. The molecule has 2 atom stereocenters. The van der Waals surface area contributed by atoms with Crippen LogP contribution in [0.25, 0.3) is 0 Å². The summed E-state index contributed by atoms with van der Waals surface area (Å²) in [5, 5.41) is 22.7. The number of ether oxygens (including phenoxy) is 1. The predicted octanol–water partition coefficient (Wildman–Crippen LogP) is 1.40. The SMILES string of the molecule is Cc1cccc(C)c1OCC(O)CNCC(O)C1CC1. The average Bonchev–Trinajstić information content (AvgIpc) is 3.22. The van der Waals surface area contributed by atoms with E-state index in [-0.39, 0.29) is 12.7 Å². The molecule has 0 bridgehead atoms. The van der Waals surface area contributed by atoms with Crippen molar-refractivity contribution in [2.45, 2.75) is 38.9 Å². The first-order valence-corrected chi connectivity index (χ1v) is 7.33. The van der Waals surface area contributed by atoms with Gasteiger partial charge in [0.15, 0.2) is 0 Å². The fourth-order valence-corrected chi connectivity index (χ4v) is 2.31. The summed E-state index contributed by atoms with van der Waals surface area (Å²) >= 11 is 0. The number of benzene rings is 1. The molecule has 1 fully saturated rings. The molecule has 2 unspecified atom stereocenters. The largest absolute Gasteiger partial charge is 0.490 e. The maximum absolute atomic E-state index is 9.89. The second-order valence-corrected chi connectivity index (χ2v) is 5.75. The molecule has 4 heteroatoms. The minimum atomic E-state index is -0.569. The maximum atomic E-state index is 9.89. The number of para-hydroxylation sites is 1. The van der Waals surface area contributed by atoms with Gasteiger partial charge in [-0.2, -0.15) is 0 Å². The van der Waals surface area contributed by atoms with Crippen LogP contribution in [0.4, 0.5) is 0 Å². The second kappa shape index (κ2) is 7.07. The zero-order chi connectivity index (χ0) is 14.5. The van der Waals surface area contributed by atoms with E-state index in [1.54, 1.807) is 0 Å². The van der Waals surface area contributed by atoms with Gasteiger partial charge < -0.3 is 20.3 Å². The van der Waals surface area contributed by atoms with E-state index in [1.165, 1.54) is 0 Å². The number of aliphatic hydroxyl groups excluding tert-OH is 2. The highest BCUT2D eigenvalue weighted by Gasteiger charge is 2.29. The number of hydrogen-bond donors (Lipinski definition) is 3. The molecule has 4 nitrogen and oxygen atoms in total. The summed E-state index contributed by atoms with van der Waals surface area (Å²) in [5.41, 5.74) is 2.16. The number of rotatable bonds is 8. The fourth-order valence-electron chi connectivity index (χ4n) is 2.31. The zero-order valence-corrected chi connectivity index (χ0v) is 12.3. The van der Waals surface area contributed by atoms with Crippen LogP contribution >= 0.6 is 0 Å². The van der Waals surface area contributed by atoms with Crippen LogP contribution in [0.15, 0.2) is 18.2 Å². The highest BCUT2D eigenvalue weighted by molar-refractivity contribution is 5.39. The van der Waals surface area contributed by atoms with Crippen molar-refractivity contribution in [3.63, 3.8) is 0 Å². The van der Waals surface area contributed by atoms with Crippen molar-refractivity contribution >= 4 is 0 Å². The minimum Gasteiger partial charge on any atom is -0.490 e. The first-order chi connectivity index (χ1) is 9.58. The van der Waals surface area contributed by atoms with Gasteiger partial charge in [-0.05, 0) is 43.7 Å². The smallest absolute Gasteiger partial charge is 0.125 e. The van der Waals surface area contributed by atoms with Crippen LogP contribution in [0.2, 0.25) is 0 Å². The van der Waals surface area contributed by atoms with Gasteiger partial charge in [0, 0.05) is 13.1 Å². The molecule has 0 amide bonds. The van der Waals surface area contributed by atoms with Crippen molar-refractivity contribution in [3.8, 4) is 5.75 Å². The van der Waals surface area contributed by atoms with Gasteiger partial charge in [0.2, 0.25) is 0 Å². The Hall–Kier alpha value is -1.10. The van der Waals surface area contributed by atoms with Crippen LogP contribution in [-0.4, -0.2) is 42.1 Å². The minimum absolute atomic E-state index is 0.262. The van der Waals surface area contributed by atoms with Crippen LogP contribution in [-0.2, 0) is 0 Å². The van der Waals surface area contributed by atoms with Crippen molar-refractivity contribution in [1.82, 2.24) is 5.32 Å². The molecule has 20 heavy (non-hydrogen) atoms. The summed E-state index contributed by atoms with van der Waals surface area (Å²) in [5.74, 6) is 1.31. The van der Waals surface area contributed by atoms with E-state index in [1.807, 2.05) is 32.0 Å². The number of nitrogens with one attached hydrogen (secondary N) is 1. The average molecular weight is 279 g/mol. The van der Waals surface area contributed by atoms with Gasteiger partial charge in [-0.25, -0.2) is 0 Å². The van der Waals surface area contributed by atoms with Crippen LogP contribution in [0.1, 0.15) is 24.0 Å². The molecule has 3 N–H and O–H groups in total. The quantitative estimate of drug-likeness (QED) is 0.673. The Bertz CT molecular complexity index is 411. The summed E-state index contributed by atoms with van der Waals surface area (Å²) in [7, 11) is 0. The molecule has 1 saturated carbocycles. The Balaban J connectivity index is 1.67. The monoisotopic (exact) mass is 279 g/mol. The van der Waals surface area contributed by atoms with Crippen LogP contribution < -0.4 is 10.1 Å². The highest BCUT2D eigenvalue weighted by Crippen LogP contribution is 2.32. The highest BCUT2D eigenvalue weighted by atomic mass is 16.5. The number of aliphatic hydroxyl groups is 2. The molecule has 0 heterocycles. The van der Waals surface area contributed by atoms with E-state index in [0.717, 1.165) is 29.7 Å².